The zero-order chi connectivity index (χ0) is 26.5. The Morgan fingerprint density at radius 1 is 0.917 bits per heavy atom. The number of halogens is 3. The first kappa shape index (κ1) is 26.3. The van der Waals surface area contributed by atoms with E-state index in [9.17, 15) is 36.3 Å². The maximum absolute atomic E-state index is 12.7. The maximum Gasteiger partial charge on any atom is 0.416 e. The van der Waals surface area contributed by atoms with E-state index in [4.69, 9.17) is 5.73 Å². The Morgan fingerprint density at radius 3 is 2.06 bits per heavy atom. The van der Waals surface area contributed by atoms with Gasteiger partial charge in [-0.3, -0.25) is 9.52 Å². The Morgan fingerprint density at radius 2 is 1.50 bits per heavy atom. The molecule has 0 unspecified atom stereocenters. The number of hydrogen-bond acceptors (Lipinski definition) is 5. The molecule has 0 aromatic heterocycles. The summed E-state index contributed by atoms with van der Waals surface area (Å²) in [6.07, 6.45) is -4.43. The Balaban J connectivity index is 1.68. The number of rotatable bonds is 8. The number of benzene rings is 3. The van der Waals surface area contributed by atoms with Crippen molar-refractivity contribution in [3.63, 3.8) is 0 Å². The fraction of sp³-hybridized carbons (Fsp3) is 0.130. The largest absolute Gasteiger partial charge is 0.506 e. The molecule has 0 aliphatic heterocycles. The Labute approximate surface area is 204 Å². The minimum atomic E-state index is -4.43. The van der Waals surface area contributed by atoms with E-state index in [0.717, 1.165) is 12.1 Å². The number of carbonyl (C=O) groups is 2. The number of anilines is 2. The SMILES string of the molecule is NC(=O)NCCS(=O)(=O)Nc1cc(NC(=O)c2ccc(-c3ccc(C(F)(F)F)cc3)cc2)ccc1O. The fourth-order valence-corrected chi connectivity index (χ4v) is 4.06. The van der Waals surface area contributed by atoms with Gasteiger partial charge in [0.1, 0.15) is 5.75 Å². The lowest BCUT2D eigenvalue weighted by Gasteiger charge is -2.12. The molecule has 0 heterocycles. The third kappa shape index (κ3) is 7.12. The van der Waals surface area contributed by atoms with E-state index in [1.807, 2.05) is 0 Å². The van der Waals surface area contributed by atoms with Crippen LogP contribution < -0.4 is 21.1 Å². The van der Waals surface area contributed by atoms with Gasteiger partial charge in [0.2, 0.25) is 10.0 Å². The van der Waals surface area contributed by atoms with E-state index >= 15 is 0 Å². The molecule has 0 saturated carbocycles. The van der Waals surface area contributed by atoms with Crippen LogP contribution in [0, 0.1) is 0 Å². The average Bonchev–Trinajstić information content (AvgIpc) is 2.80. The summed E-state index contributed by atoms with van der Waals surface area (Å²) in [5, 5.41) is 14.7. The Kier molecular flexibility index (Phi) is 7.73. The van der Waals surface area contributed by atoms with Gasteiger partial charge in [-0.05, 0) is 53.6 Å². The van der Waals surface area contributed by atoms with Crippen LogP contribution in [-0.2, 0) is 16.2 Å². The lowest BCUT2D eigenvalue weighted by atomic mass is 10.0. The van der Waals surface area contributed by atoms with Crippen LogP contribution in [-0.4, -0.2) is 37.8 Å². The smallest absolute Gasteiger partial charge is 0.416 e. The summed E-state index contributed by atoms with van der Waals surface area (Å²) in [7, 11) is -3.95. The van der Waals surface area contributed by atoms with Gasteiger partial charge in [0.15, 0.2) is 0 Å². The van der Waals surface area contributed by atoms with Gasteiger partial charge in [-0.25, -0.2) is 13.2 Å². The van der Waals surface area contributed by atoms with E-state index in [2.05, 4.69) is 15.4 Å². The first-order valence-corrected chi connectivity index (χ1v) is 12.0. The molecule has 0 radical (unpaired) electrons. The Hall–Kier alpha value is -4.26. The predicted octanol–water partition coefficient (Wildman–Crippen LogP) is 3.74. The Bertz CT molecular complexity index is 1360. The van der Waals surface area contributed by atoms with Gasteiger partial charge in [0.05, 0.1) is 17.0 Å². The maximum atomic E-state index is 12.7. The van der Waals surface area contributed by atoms with Gasteiger partial charge < -0.3 is 21.5 Å². The first-order chi connectivity index (χ1) is 16.8. The molecular formula is C23H21F3N4O5S. The van der Waals surface area contributed by atoms with Crippen molar-refractivity contribution in [3.05, 3.63) is 77.9 Å². The molecule has 3 aromatic rings. The number of hydrogen-bond donors (Lipinski definition) is 5. The number of amides is 3. The molecule has 13 heteroatoms. The van der Waals surface area contributed by atoms with Crippen molar-refractivity contribution < 1.29 is 36.3 Å². The van der Waals surface area contributed by atoms with Gasteiger partial charge in [-0.2, -0.15) is 13.2 Å². The molecule has 0 bridgehead atoms. The number of aromatic hydroxyl groups is 1. The molecule has 36 heavy (non-hydrogen) atoms. The van der Waals surface area contributed by atoms with Crippen LogP contribution in [0.5, 0.6) is 5.75 Å². The highest BCUT2D eigenvalue weighted by atomic mass is 32.2. The summed E-state index contributed by atoms with van der Waals surface area (Å²) in [5.74, 6) is -1.43. The zero-order valence-corrected chi connectivity index (χ0v) is 19.3. The van der Waals surface area contributed by atoms with E-state index in [1.165, 1.54) is 42.5 Å². The summed E-state index contributed by atoms with van der Waals surface area (Å²) >= 11 is 0. The molecule has 0 saturated heterocycles. The molecule has 3 rings (SSSR count). The summed E-state index contributed by atoms with van der Waals surface area (Å²) in [6.45, 7) is -0.246. The fourth-order valence-electron chi connectivity index (χ4n) is 3.09. The van der Waals surface area contributed by atoms with Crippen molar-refractivity contribution in [2.45, 2.75) is 6.18 Å². The minimum absolute atomic E-state index is 0.178. The van der Waals surface area contributed by atoms with Gasteiger partial charge in [-0.15, -0.1) is 0 Å². The topological polar surface area (TPSA) is 151 Å². The monoisotopic (exact) mass is 522 g/mol. The molecule has 190 valence electrons. The van der Waals surface area contributed by atoms with Crippen LogP contribution in [0.3, 0.4) is 0 Å². The number of phenols is 1. The molecule has 0 spiro atoms. The number of primary amides is 1. The van der Waals surface area contributed by atoms with Crippen molar-refractivity contribution in [2.24, 2.45) is 5.73 Å². The standard InChI is InChI=1S/C23H21F3N4O5S/c24-23(25,26)17-7-5-15(6-8-17)14-1-3-16(4-2-14)21(32)29-18-9-10-20(31)19(13-18)30-36(34,35)12-11-28-22(27)33/h1-10,13,30-31H,11-12H2,(H,29,32)(H3,27,28,33). The lowest BCUT2D eigenvalue weighted by Crippen LogP contribution is -2.34. The van der Waals surface area contributed by atoms with Crippen molar-refractivity contribution in [2.75, 3.05) is 22.3 Å². The number of urea groups is 1. The summed E-state index contributed by atoms with van der Waals surface area (Å²) in [5.41, 5.74) is 5.49. The van der Waals surface area contributed by atoms with E-state index in [0.29, 0.717) is 11.1 Å². The van der Waals surface area contributed by atoms with E-state index < -0.39 is 39.5 Å². The first-order valence-electron chi connectivity index (χ1n) is 10.3. The molecule has 0 aliphatic carbocycles. The number of nitrogens with two attached hydrogens (primary N) is 1. The molecule has 3 aromatic carbocycles. The molecular weight excluding hydrogens is 501 g/mol. The molecule has 6 N–H and O–H groups in total. The number of nitrogens with one attached hydrogen (secondary N) is 3. The number of carbonyl (C=O) groups excluding carboxylic acids is 2. The third-order valence-corrected chi connectivity index (χ3v) is 6.16. The van der Waals surface area contributed by atoms with E-state index in [1.54, 1.807) is 12.1 Å². The number of sulfonamides is 1. The quantitative estimate of drug-likeness (QED) is 0.226. The highest BCUT2D eigenvalue weighted by Crippen LogP contribution is 2.31. The van der Waals surface area contributed by atoms with Gasteiger partial charge >= 0.3 is 12.2 Å². The summed E-state index contributed by atoms with van der Waals surface area (Å²) in [4.78, 5) is 23.3. The van der Waals surface area contributed by atoms with Crippen LogP contribution in [0.1, 0.15) is 15.9 Å². The van der Waals surface area contributed by atoms with Crippen LogP contribution in [0.2, 0.25) is 0 Å². The second kappa shape index (κ2) is 10.6. The van der Waals surface area contributed by atoms with E-state index in [-0.39, 0.29) is 29.2 Å². The average molecular weight is 523 g/mol. The second-order valence-corrected chi connectivity index (χ2v) is 9.39. The highest BCUT2D eigenvalue weighted by Gasteiger charge is 2.30. The van der Waals surface area contributed by atoms with Gasteiger partial charge in [0.25, 0.3) is 5.91 Å². The summed E-state index contributed by atoms with van der Waals surface area (Å²) in [6, 6.07) is 13.6. The van der Waals surface area contributed by atoms with Crippen LogP contribution in [0.15, 0.2) is 66.7 Å². The second-order valence-electron chi connectivity index (χ2n) is 7.55. The zero-order valence-electron chi connectivity index (χ0n) is 18.5. The molecule has 0 atom stereocenters. The van der Waals surface area contributed by atoms with Gasteiger partial charge in [0, 0.05) is 17.8 Å². The van der Waals surface area contributed by atoms with Crippen LogP contribution in [0.4, 0.5) is 29.3 Å². The number of alkyl halides is 3. The molecule has 3 amide bonds. The van der Waals surface area contributed by atoms with Crippen molar-refractivity contribution in [1.82, 2.24) is 5.32 Å². The number of phenolic OH excluding ortho intramolecular Hbond substituents is 1. The highest BCUT2D eigenvalue weighted by molar-refractivity contribution is 7.92. The van der Waals surface area contributed by atoms with Crippen LogP contribution in [0.25, 0.3) is 11.1 Å². The minimum Gasteiger partial charge on any atom is -0.506 e. The van der Waals surface area contributed by atoms with Crippen LogP contribution >= 0.6 is 0 Å². The predicted molar refractivity (Wildman–Crippen MR) is 128 cm³/mol. The molecule has 0 aliphatic rings. The van der Waals surface area contributed by atoms with Crippen molar-refractivity contribution >= 4 is 33.3 Å². The van der Waals surface area contributed by atoms with Crippen molar-refractivity contribution in [1.29, 1.82) is 0 Å². The van der Waals surface area contributed by atoms with Crippen molar-refractivity contribution in [3.8, 4) is 16.9 Å². The van der Waals surface area contributed by atoms with Gasteiger partial charge in [-0.1, -0.05) is 24.3 Å². The molecule has 0 fully saturated rings. The molecule has 9 nitrogen and oxygen atoms in total. The lowest BCUT2D eigenvalue weighted by molar-refractivity contribution is -0.137. The summed E-state index contributed by atoms with van der Waals surface area (Å²) < 4.78 is 64.7. The normalized spacial score (nSPS) is 11.5. The third-order valence-electron chi connectivity index (χ3n) is 4.88.